The van der Waals surface area contributed by atoms with Gasteiger partial charge in [-0.1, -0.05) is 0 Å². The fourth-order valence-electron chi connectivity index (χ4n) is 1.94. The average Bonchev–Trinajstić information content (AvgIpc) is 3.09. The number of hydrogen-bond acceptors (Lipinski definition) is 4. The van der Waals surface area contributed by atoms with Gasteiger partial charge in [-0.2, -0.15) is 0 Å². The molecule has 1 aliphatic carbocycles. The molecule has 3 rings (SSSR count). The Morgan fingerprint density at radius 3 is 2.40 bits per heavy atom. The van der Waals surface area contributed by atoms with Crippen LogP contribution in [-0.2, 0) is 10.0 Å². The molecule has 20 heavy (non-hydrogen) atoms. The van der Waals surface area contributed by atoms with Crippen molar-refractivity contribution in [3.8, 4) is 16.2 Å². The molecule has 1 saturated carbocycles. The smallest absolute Gasteiger partial charge is 0.247 e. The lowest BCUT2D eigenvalue weighted by atomic mass is 10.1. The Kier molecular flexibility index (Phi) is 3.32. The first kappa shape index (κ1) is 13.6. The molecule has 1 aromatic heterocycles. The molecule has 0 unspecified atom stereocenters. The first-order chi connectivity index (χ1) is 9.43. The largest absolute Gasteiger partial charge is 0.490 e. The molecule has 0 radical (unpaired) electrons. The maximum absolute atomic E-state index is 11.4. The van der Waals surface area contributed by atoms with Crippen LogP contribution >= 0.6 is 11.3 Å². The second-order valence-electron chi connectivity index (χ2n) is 4.96. The van der Waals surface area contributed by atoms with Gasteiger partial charge in [-0.05, 0) is 61.2 Å². The van der Waals surface area contributed by atoms with Gasteiger partial charge in [-0.25, -0.2) is 13.6 Å². The molecule has 1 aliphatic rings. The maximum Gasteiger partial charge on any atom is 0.247 e. The lowest BCUT2D eigenvalue weighted by molar-refractivity contribution is 0.303. The van der Waals surface area contributed by atoms with Crippen molar-refractivity contribution in [1.29, 1.82) is 0 Å². The minimum absolute atomic E-state index is 0.198. The van der Waals surface area contributed by atoms with Gasteiger partial charge < -0.3 is 4.74 Å². The second-order valence-corrected chi connectivity index (χ2v) is 7.80. The minimum atomic E-state index is -3.63. The van der Waals surface area contributed by atoms with Crippen molar-refractivity contribution in [2.75, 3.05) is 0 Å². The number of ether oxygens (including phenoxy) is 1. The van der Waals surface area contributed by atoms with Crippen LogP contribution in [0.4, 0.5) is 0 Å². The summed E-state index contributed by atoms with van der Waals surface area (Å²) in [6, 6.07) is 9.35. The molecule has 1 heterocycles. The Morgan fingerprint density at radius 1 is 1.25 bits per heavy atom. The monoisotopic (exact) mass is 309 g/mol. The molecule has 1 fully saturated rings. The van der Waals surface area contributed by atoms with E-state index in [0.717, 1.165) is 34.6 Å². The molecule has 6 heteroatoms. The van der Waals surface area contributed by atoms with Crippen LogP contribution in [-0.4, -0.2) is 14.5 Å². The van der Waals surface area contributed by atoms with Gasteiger partial charge in [-0.3, -0.25) is 0 Å². The predicted molar refractivity (Wildman–Crippen MR) is 79.5 cm³/mol. The minimum Gasteiger partial charge on any atom is -0.490 e. The highest BCUT2D eigenvalue weighted by atomic mass is 32.2. The molecule has 0 atom stereocenters. The second kappa shape index (κ2) is 4.87. The van der Waals surface area contributed by atoms with Gasteiger partial charge in [0.2, 0.25) is 10.0 Å². The molecule has 106 valence electrons. The highest BCUT2D eigenvalue weighted by molar-refractivity contribution is 7.91. The SMILES string of the molecule is Cc1cc(S(N)(=O)=O)sc1-c1ccc(OC2CC2)cc1. The van der Waals surface area contributed by atoms with Crippen LogP contribution in [0.15, 0.2) is 34.5 Å². The van der Waals surface area contributed by atoms with Crippen LogP contribution < -0.4 is 9.88 Å². The van der Waals surface area contributed by atoms with Crippen LogP contribution in [0.5, 0.6) is 5.75 Å². The third kappa shape index (κ3) is 2.87. The molecular formula is C14H15NO3S2. The van der Waals surface area contributed by atoms with Crippen molar-refractivity contribution in [3.63, 3.8) is 0 Å². The van der Waals surface area contributed by atoms with Gasteiger partial charge in [0.25, 0.3) is 0 Å². The molecule has 4 nitrogen and oxygen atoms in total. The van der Waals surface area contributed by atoms with Gasteiger partial charge in [0.15, 0.2) is 0 Å². The van der Waals surface area contributed by atoms with E-state index in [9.17, 15) is 8.42 Å². The summed E-state index contributed by atoms with van der Waals surface area (Å²) >= 11 is 1.20. The highest BCUT2D eigenvalue weighted by Crippen LogP contribution is 2.35. The standard InChI is InChI=1S/C14H15NO3S2/c1-9-8-13(20(15,16)17)19-14(9)10-2-4-11(5-3-10)18-12-6-7-12/h2-5,8,12H,6-7H2,1H3,(H2,15,16,17). The van der Waals surface area contributed by atoms with Crippen LogP contribution in [0.3, 0.4) is 0 Å². The van der Waals surface area contributed by atoms with E-state index in [1.165, 1.54) is 11.3 Å². The van der Waals surface area contributed by atoms with Crippen molar-refractivity contribution in [2.24, 2.45) is 5.14 Å². The topological polar surface area (TPSA) is 69.4 Å². The van der Waals surface area contributed by atoms with E-state index in [-0.39, 0.29) is 4.21 Å². The van der Waals surface area contributed by atoms with Crippen LogP contribution in [0.25, 0.3) is 10.4 Å². The Labute approximate surface area is 122 Å². The van der Waals surface area contributed by atoms with Gasteiger partial charge in [0.05, 0.1) is 6.10 Å². The zero-order valence-electron chi connectivity index (χ0n) is 11.0. The Morgan fingerprint density at radius 2 is 1.90 bits per heavy atom. The molecule has 0 amide bonds. The predicted octanol–water partition coefficient (Wildman–Crippen LogP) is 2.91. The van der Waals surface area contributed by atoms with E-state index in [1.807, 2.05) is 31.2 Å². The fourth-order valence-corrected chi connectivity index (χ4v) is 3.91. The van der Waals surface area contributed by atoms with E-state index in [4.69, 9.17) is 9.88 Å². The lowest BCUT2D eigenvalue weighted by Crippen LogP contribution is -2.09. The normalized spacial score (nSPS) is 15.3. The molecule has 0 spiro atoms. The Bertz CT molecular complexity index is 728. The first-order valence-electron chi connectivity index (χ1n) is 6.34. The van der Waals surface area contributed by atoms with Crippen molar-refractivity contribution in [3.05, 3.63) is 35.9 Å². The summed E-state index contributed by atoms with van der Waals surface area (Å²) in [5, 5.41) is 5.17. The van der Waals surface area contributed by atoms with Crippen molar-refractivity contribution >= 4 is 21.4 Å². The Hall–Kier alpha value is -1.37. The number of nitrogens with two attached hydrogens (primary N) is 1. The van der Waals surface area contributed by atoms with E-state index in [0.29, 0.717) is 6.10 Å². The third-order valence-electron chi connectivity index (χ3n) is 3.12. The zero-order chi connectivity index (χ0) is 14.3. The summed E-state index contributed by atoms with van der Waals surface area (Å²) in [6.45, 7) is 1.88. The van der Waals surface area contributed by atoms with E-state index in [2.05, 4.69) is 0 Å². The number of hydrogen-bond donors (Lipinski definition) is 1. The number of primary sulfonamides is 1. The van der Waals surface area contributed by atoms with E-state index in [1.54, 1.807) is 6.07 Å². The van der Waals surface area contributed by atoms with Crippen LogP contribution in [0.1, 0.15) is 18.4 Å². The number of aryl methyl sites for hydroxylation is 1. The van der Waals surface area contributed by atoms with Crippen molar-refractivity contribution in [2.45, 2.75) is 30.1 Å². The summed E-state index contributed by atoms with van der Waals surface area (Å²) in [5.74, 6) is 0.858. The molecule has 0 aliphatic heterocycles. The number of rotatable bonds is 4. The number of thiophene rings is 1. The van der Waals surface area contributed by atoms with Gasteiger partial charge in [0, 0.05) is 4.88 Å². The van der Waals surface area contributed by atoms with Gasteiger partial charge in [0.1, 0.15) is 9.96 Å². The van der Waals surface area contributed by atoms with Crippen molar-refractivity contribution in [1.82, 2.24) is 0 Å². The summed E-state index contributed by atoms with van der Waals surface area (Å²) < 4.78 is 28.7. The molecule has 2 N–H and O–H groups in total. The summed E-state index contributed by atoms with van der Waals surface area (Å²) in [4.78, 5) is 0.923. The highest BCUT2D eigenvalue weighted by Gasteiger charge is 2.23. The van der Waals surface area contributed by atoms with Crippen molar-refractivity contribution < 1.29 is 13.2 Å². The van der Waals surface area contributed by atoms with E-state index < -0.39 is 10.0 Å². The quantitative estimate of drug-likeness (QED) is 0.944. The van der Waals surface area contributed by atoms with Gasteiger partial charge in [-0.15, -0.1) is 11.3 Å². The molecular weight excluding hydrogens is 294 g/mol. The summed E-state index contributed by atoms with van der Waals surface area (Å²) in [6.07, 6.45) is 2.63. The zero-order valence-corrected chi connectivity index (χ0v) is 12.6. The lowest BCUT2D eigenvalue weighted by Gasteiger charge is -2.05. The van der Waals surface area contributed by atoms with Crippen LogP contribution in [0, 0.1) is 6.92 Å². The molecule has 2 aromatic rings. The van der Waals surface area contributed by atoms with Gasteiger partial charge >= 0.3 is 0 Å². The number of sulfonamides is 1. The summed E-state index contributed by atoms with van der Waals surface area (Å²) in [7, 11) is -3.63. The molecule has 0 saturated heterocycles. The average molecular weight is 309 g/mol. The molecule has 1 aromatic carbocycles. The first-order valence-corrected chi connectivity index (χ1v) is 8.70. The fraction of sp³-hybridized carbons (Fsp3) is 0.286. The Balaban J connectivity index is 1.90. The summed E-state index contributed by atoms with van der Waals surface area (Å²) in [5.41, 5.74) is 1.89. The molecule has 0 bridgehead atoms. The van der Waals surface area contributed by atoms with E-state index >= 15 is 0 Å². The third-order valence-corrected chi connectivity index (χ3v) is 5.83. The maximum atomic E-state index is 11.4. The van der Waals surface area contributed by atoms with Crippen LogP contribution in [0.2, 0.25) is 0 Å². The number of benzene rings is 1.